The number of hydrogen-bond acceptors (Lipinski definition) is 5. The first-order chi connectivity index (χ1) is 14.3. The zero-order valence-corrected chi connectivity index (χ0v) is 15.8. The summed E-state index contributed by atoms with van der Waals surface area (Å²) in [6.45, 7) is 0.894. The van der Waals surface area contributed by atoms with Gasteiger partial charge in [-0.1, -0.05) is 54.6 Å². The molecule has 1 aromatic heterocycles. The quantitative estimate of drug-likeness (QED) is 0.392. The van der Waals surface area contributed by atoms with Crippen molar-refractivity contribution in [2.75, 3.05) is 17.0 Å². The third-order valence-electron chi connectivity index (χ3n) is 4.87. The number of para-hydroxylation sites is 2. The van der Waals surface area contributed by atoms with E-state index in [9.17, 15) is 0 Å². The maximum absolute atomic E-state index is 4.77. The molecular formula is C23H20N6. The fourth-order valence-corrected chi connectivity index (χ4v) is 3.38. The molecule has 0 bridgehead atoms. The Morgan fingerprint density at radius 1 is 0.931 bits per heavy atom. The van der Waals surface area contributed by atoms with Crippen LogP contribution in [0.25, 0.3) is 11.0 Å². The van der Waals surface area contributed by atoms with E-state index in [1.165, 1.54) is 5.56 Å². The average Bonchev–Trinajstić information content (AvgIpc) is 3.42. The lowest BCUT2D eigenvalue weighted by Crippen LogP contribution is -2.11. The molecule has 1 aliphatic rings. The Hall–Kier alpha value is -3.93. The van der Waals surface area contributed by atoms with Crippen LogP contribution in [-0.2, 0) is 0 Å². The third kappa shape index (κ3) is 3.73. The van der Waals surface area contributed by atoms with Crippen LogP contribution in [0.15, 0.2) is 89.1 Å². The van der Waals surface area contributed by atoms with Crippen LogP contribution in [0.2, 0.25) is 0 Å². The molecule has 6 nitrogen and oxygen atoms in total. The molecule has 0 saturated carbocycles. The Balaban J connectivity index is 1.24. The Kier molecular flexibility index (Phi) is 4.50. The van der Waals surface area contributed by atoms with E-state index in [2.05, 4.69) is 49.8 Å². The van der Waals surface area contributed by atoms with Gasteiger partial charge in [0.2, 0.25) is 5.95 Å². The van der Waals surface area contributed by atoms with Crippen LogP contribution in [0, 0.1) is 0 Å². The molecule has 0 unspecified atom stereocenters. The van der Waals surface area contributed by atoms with Gasteiger partial charge in [-0.25, -0.2) is 10.4 Å². The maximum atomic E-state index is 4.77. The topological polar surface area (TPSA) is 68.7 Å². The van der Waals surface area contributed by atoms with Gasteiger partial charge in [0.15, 0.2) is 0 Å². The van der Waals surface area contributed by atoms with E-state index >= 15 is 0 Å². The van der Waals surface area contributed by atoms with E-state index in [0.29, 0.717) is 5.95 Å². The summed E-state index contributed by atoms with van der Waals surface area (Å²) in [5.74, 6) is 0.624. The van der Waals surface area contributed by atoms with Gasteiger partial charge in [-0.2, -0.15) is 10.2 Å². The molecule has 2 N–H and O–H groups in total. The van der Waals surface area contributed by atoms with Crippen molar-refractivity contribution < 1.29 is 0 Å². The second-order valence-corrected chi connectivity index (χ2v) is 6.85. The molecule has 4 aromatic rings. The average molecular weight is 380 g/mol. The molecule has 1 aliphatic heterocycles. The Labute approximate surface area is 168 Å². The monoisotopic (exact) mass is 380 g/mol. The summed E-state index contributed by atoms with van der Waals surface area (Å²) in [5, 5.41) is 11.1. The van der Waals surface area contributed by atoms with E-state index in [-0.39, 0.29) is 0 Å². The van der Waals surface area contributed by atoms with Gasteiger partial charge in [0.25, 0.3) is 0 Å². The number of fused-ring (bicyclic) bond motifs is 1. The first-order valence-electron chi connectivity index (χ1n) is 9.59. The number of H-pyrrole nitrogens is 1. The molecule has 0 atom stereocenters. The van der Waals surface area contributed by atoms with Crippen molar-refractivity contribution in [3.05, 3.63) is 90.0 Å². The minimum absolute atomic E-state index is 0.624. The van der Waals surface area contributed by atoms with Crippen LogP contribution in [0.1, 0.15) is 17.5 Å². The number of nitrogens with zero attached hydrogens (tertiary/aromatic N) is 4. The highest BCUT2D eigenvalue weighted by Gasteiger charge is 2.16. The second kappa shape index (κ2) is 7.59. The number of hydrogen-bond donors (Lipinski definition) is 2. The summed E-state index contributed by atoms with van der Waals surface area (Å²) in [6, 6.07) is 26.4. The van der Waals surface area contributed by atoms with Gasteiger partial charge in [-0.05, 0) is 35.4 Å². The fraction of sp³-hybridized carbons (Fsp3) is 0.0870. The summed E-state index contributed by atoms with van der Waals surface area (Å²) in [5.41, 5.74) is 9.25. The number of hydrazone groups is 2. The first kappa shape index (κ1) is 17.2. The van der Waals surface area contributed by atoms with Crippen molar-refractivity contribution >= 4 is 34.6 Å². The number of anilines is 2. The predicted octanol–water partition coefficient (Wildman–Crippen LogP) is 4.62. The molecule has 3 aromatic carbocycles. The molecule has 0 radical (unpaired) electrons. The lowest BCUT2D eigenvalue weighted by Gasteiger charge is -2.13. The Morgan fingerprint density at radius 3 is 2.55 bits per heavy atom. The molecular weight excluding hydrogens is 360 g/mol. The molecule has 0 aliphatic carbocycles. The molecule has 0 spiro atoms. The van der Waals surface area contributed by atoms with Crippen molar-refractivity contribution in [1.29, 1.82) is 0 Å². The standard InChI is InChI=1S/C23H20N6/c1-2-6-18(7-3-1)20-14-15-29(28-20)19-12-10-17(11-13-19)16-24-27-23-25-21-8-4-5-9-22(21)26-23/h1-13,16H,14-15H2,(H2,25,26,27). The minimum Gasteiger partial charge on any atom is -0.323 e. The van der Waals surface area contributed by atoms with Gasteiger partial charge >= 0.3 is 0 Å². The number of imidazole rings is 1. The molecule has 6 heteroatoms. The number of benzene rings is 3. The highest BCUT2D eigenvalue weighted by atomic mass is 15.5. The van der Waals surface area contributed by atoms with Crippen molar-refractivity contribution in [3.8, 4) is 0 Å². The molecule has 29 heavy (non-hydrogen) atoms. The minimum atomic E-state index is 0.624. The fourth-order valence-electron chi connectivity index (χ4n) is 3.38. The second-order valence-electron chi connectivity index (χ2n) is 6.85. The summed E-state index contributed by atoms with van der Waals surface area (Å²) in [6.07, 6.45) is 2.73. The molecule has 2 heterocycles. The SMILES string of the molecule is C(=NNc1nc2ccccc2[nH]1)c1ccc(N2CCC(c3ccccc3)=N2)cc1. The predicted molar refractivity (Wildman–Crippen MR) is 119 cm³/mol. The number of rotatable bonds is 5. The van der Waals surface area contributed by atoms with E-state index in [0.717, 1.165) is 41.0 Å². The zero-order valence-electron chi connectivity index (χ0n) is 15.8. The van der Waals surface area contributed by atoms with Gasteiger partial charge < -0.3 is 4.98 Å². The number of aromatic amines is 1. The highest BCUT2D eigenvalue weighted by Crippen LogP contribution is 2.22. The first-order valence-corrected chi connectivity index (χ1v) is 9.59. The lowest BCUT2D eigenvalue weighted by atomic mass is 10.1. The smallest absolute Gasteiger partial charge is 0.222 e. The number of aromatic nitrogens is 2. The van der Waals surface area contributed by atoms with E-state index in [4.69, 9.17) is 5.10 Å². The molecule has 142 valence electrons. The highest BCUT2D eigenvalue weighted by molar-refractivity contribution is 6.02. The summed E-state index contributed by atoms with van der Waals surface area (Å²) in [4.78, 5) is 7.63. The van der Waals surface area contributed by atoms with Crippen LogP contribution >= 0.6 is 0 Å². The normalized spacial score (nSPS) is 13.9. The molecule has 0 amide bonds. The van der Waals surface area contributed by atoms with E-state index in [1.54, 1.807) is 6.21 Å². The van der Waals surface area contributed by atoms with Gasteiger partial charge in [-0.3, -0.25) is 5.01 Å². The van der Waals surface area contributed by atoms with Crippen LogP contribution in [0.4, 0.5) is 11.6 Å². The summed E-state index contributed by atoms with van der Waals surface area (Å²) in [7, 11) is 0. The van der Waals surface area contributed by atoms with E-state index < -0.39 is 0 Å². The van der Waals surface area contributed by atoms with Crippen LogP contribution in [0.5, 0.6) is 0 Å². The summed E-state index contributed by atoms with van der Waals surface area (Å²) >= 11 is 0. The number of nitrogens with one attached hydrogen (secondary N) is 2. The van der Waals surface area contributed by atoms with Gasteiger partial charge in [0.1, 0.15) is 0 Å². The Morgan fingerprint density at radius 2 is 1.72 bits per heavy atom. The van der Waals surface area contributed by atoms with E-state index in [1.807, 2.05) is 54.6 Å². The van der Waals surface area contributed by atoms with Crippen LogP contribution in [0.3, 0.4) is 0 Å². The van der Waals surface area contributed by atoms with Crippen LogP contribution < -0.4 is 10.4 Å². The van der Waals surface area contributed by atoms with Gasteiger partial charge in [0, 0.05) is 13.0 Å². The summed E-state index contributed by atoms with van der Waals surface area (Å²) < 4.78 is 0. The van der Waals surface area contributed by atoms with Crippen molar-refractivity contribution in [3.63, 3.8) is 0 Å². The largest absolute Gasteiger partial charge is 0.323 e. The molecule has 0 fully saturated rings. The van der Waals surface area contributed by atoms with Gasteiger partial charge in [0.05, 0.1) is 28.6 Å². The molecule has 5 rings (SSSR count). The van der Waals surface area contributed by atoms with Crippen LogP contribution in [-0.4, -0.2) is 28.4 Å². The zero-order chi connectivity index (χ0) is 19.5. The van der Waals surface area contributed by atoms with Crippen molar-refractivity contribution in [2.45, 2.75) is 6.42 Å². The van der Waals surface area contributed by atoms with Crippen molar-refractivity contribution in [1.82, 2.24) is 9.97 Å². The third-order valence-corrected chi connectivity index (χ3v) is 4.87. The van der Waals surface area contributed by atoms with Crippen molar-refractivity contribution in [2.24, 2.45) is 10.2 Å². The maximum Gasteiger partial charge on any atom is 0.222 e. The Bertz CT molecular complexity index is 1140. The van der Waals surface area contributed by atoms with Gasteiger partial charge in [-0.15, -0.1) is 0 Å². The lowest BCUT2D eigenvalue weighted by molar-refractivity contribution is 0.922. The molecule has 0 saturated heterocycles.